The third-order valence-corrected chi connectivity index (χ3v) is 7.64. The van der Waals surface area contributed by atoms with Crippen LogP contribution < -0.4 is 10.0 Å². The van der Waals surface area contributed by atoms with Crippen molar-refractivity contribution in [1.29, 1.82) is 0 Å². The van der Waals surface area contributed by atoms with Crippen molar-refractivity contribution in [1.82, 2.24) is 9.97 Å². The van der Waals surface area contributed by atoms with Gasteiger partial charge in [0.05, 0.1) is 22.4 Å². The molecule has 2 atom stereocenters. The van der Waals surface area contributed by atoms with Crippen LogP contribution >= 0.6 is 22.7 Å². The van der Waals surface area contributed by atoms with Crippen LogP contribution in [0.15, 0.2) is 53.2 Å². The fourth-order valence-electron chi connectivity index (χ4n) is 3.56. The molecule has 34 heavy (non-hydrogen) atoms. The van der Waals surface area contributed by atoms with E-state index in [0.29, 0.717) is 28.9 Å². The number of hydrogen-bond acceptors (Lipinski definition) is 6. The Morgan fingerprint density at radius 1 is 1.09 bits per heavy atom. The Morgan fingerprint density at radius 2 is 1.88 bits per heavy atom. The second kappa shape index (κ2) is 9.87. The smallest absolute Gasteiger partial charge is 0.259 e. The Labute approximate surface area is 205 Å². The van der Waals surface area contributed by atoms with E-state index in [9.17, 15) is 13.0 Å². The van der Waals surface area contributed by atoms with Crippen molar-refractivity contribution >= 4 is 44.8 Å². The van der Waals surface area contributed by atoms with Crippen LogP contribution in [-0.4, -0.2) is 18.7 Å². The summed E-state index contributed by atoms with van der Waals surface area (Å²) in [7, 11) is 0. The number of hydrogen-bond donors (Lipinski definition) is 3. The molecule has 4 aromatic rings. The van der Waals surface area contributed by atoms with E-state index in [2.05, 4.69) is 20.4 Å². The fourth-order valence-corrected chi connectivity index (χ4v) is 5.71. The molecule has 2 aromatic carbocycles. The van der Waals surface area contributed by atoms with E-state index in [0.717, 1.165) is 22.3 Å². The van der Waals surface area contributed by atoms with Gasteiger partial charge >= 0.3 is 0 Å². The van der Waals surface area contributed by atoms with Gasteiger partial charge in [-0.05, 0) is 49.1 Å². The van der Waals surface area contributed by atoms with Gasteiger partial charge < -0.3 is 5.32 Å². The highest BCUT2D eigenvalue weighted by Gasteiger charge is 2.28. The van der Waals surface area contributed by atoms with Crippen LogP contribution in [0.25, 0.3) is 11.3 Å². The van der Waals surface area contributed by atoms with E-state index in [-0.39, 0.29) is 11.6 Å². The van der Waals surface area contributed by atoms with Gasteiger partial charge in [-0.3, -0.25) is 9.27 Å². The van der Waals surface area contributed by atoms with Crippen molar-refractivity contribution in [3.05, 3.63) is 81.1 Å². The number of nitrogens with zero attached hydrogens (tertiary/aromatic N) is 2. The molecule has 11 heteroatoms. The summed E-state index contributed by atoms with van der Waals surface area (Å²) >= 11 is 0.878. The molecule has 2 heterocycles. The van der Waals surface area contributed by atoms with E-state index >= 15 is 0 Å². The molecular weight excluding hydrogens is 498 g/mol. The predicted molar refractivity (Wildman–Crippen MR) is 132 cm³/mol. The zero-order chi connectivity index (χ0) is 23.7. The first-order valence-electron chi connectivity index (χ1n) is 10.5. The van der Waals surface area contributed by atoms with Gasteiger partial charge in [0.2, 0.25) is 0 Å². The maximum atomic E-state index is 14.2. The number of nitrogens with one attached hydrogen (secondary N) is 2. The Kier molecular flexibility index (Phi) is 6.68. The van der Waals surface area contributed by atoms with Crippen LogP contribution in [-0.2, 0) is 17.7 Å². The summed E-state index contributed by atoms with van der Waals surface area (Å²) in [5.74, 6) is -0.729. The Balaban J connectivity index is 1.38. The summed E-state index contributed by atoms with van der Waals surface area (Å²) in [6, 6.07) is 10.5. The highest BCUT2D eigenvalue weighted by Crippen LogP contribution is 2.42. The van der Waals surface area contributed by atoms with Crippen molar-refractivity contribution in [2.75, 3.05) is 10.0 Å². The summed E-state index contributed by atoms with van der Waals surface area (Å²) in [6.45, 7) is 0. The fraction of sp³-hybridized carbons (Fsp3) is 0.217. The summed E-state index contributed by atoms with van der Waals surface area (Å²) in [6.07, 6.45) is 2.95. The lowest BCUT2D eigenvalue weighted by Crippen LogP contribution is -2.14. The molecule has 1 saturated carbocycles. The minimum atomic E-state index is -2.13. The molecule has 0 bridgehead atoms. The van der Waals surface area contributed by atoms with Crippen molar-refractivity contribution in [2.24, 2.45) is 0 Å². The lowest BCUT2D eigenvalue weighted by Gasteiger charge is -2.17. The summed E-state index contributed by atoms with van der Waals surface area (Å²) in [5.41, 5.74) is 3.15. The molecule has 5 rings (SSSR count). The zero-order valence-electron chi connectivity index (χ0n) is 17.7. The minimum absolute atomic E-state index is 0.174. The highest BCUT2D eigenvalue weighted by molar-refractivity contribution is 7.80. The maximum absolute atomic E-state index is 14.2. The van der Waals surface area contributed by atoms with Crippen molar-refractivity contribution < 1.29 is 17.5 Å². The van der Waals surface area contributed by atoms with Crippen LogP contribution in [0.4, 0.5) is 19.6 Å². The second-order valence-electron chi connectivity index (χ2n) is 8.00. The molecule has 0 saturated heterocycles. The maximum Gasteiger partial charge on any atom is 0.259 e. The summed E-state index contributed by atoms with van der Waals surface area (Å²) < 4.78 is 49.9. The van der Waals surface area contributed by atoms with Crippen molar-refractivity contribution in [3.8, 4) is 11.3 Å². The molecule has 6 nitrogen and oxygen atoms in total. The predicted octanol–water partition coefficient (Wildman–Crippen LogP) is 6.37. The SMILES string of the molecule is O=S(O)Nc1ccc(C[C@H](Nc2nc(-c3ccc(F)cc3F)cs2)c2csc(C3CC3)n2)cc1. The second-order valence-corrected chi connectivity index (χ2v) is 10.4. The molecule has 1 fully saturated rings. The summed E-state index contributed by atoms with van der Waals surface area (Å²) in [5, 5.41) is 8.98. The van der Waals surface area contributed by atoms with Gasteiger partial charge in [0.25, 0.3) is 11.3 Å². The van der Waals surface area contributed by atoms with Gasteiger partial charge in [0, 0.05) is 34.0 Å². The first kappa shape index (κ1) is 23.0. The lowest BCUT2D eigenvalue weighted by atomic mass is 10.0. The van der Waals surface area contributed by atoms with Gasteiger partial charge in [-0.25, -0.2) is 23.0 Å². The lowest BCUT2D eigenvalue weighted by molar-refractivity contribution is 0.570. The topological polar surface area (TPSA) is 87.1 Å². The number of rotatable bonds is 9. The third kappa shape index (κ3) is 5.49. The molecule has 1 aliphatic rings. The van der Waals surface area contributed by atoms with E-state index in [1.54, 1.807) is 28.8 Å². The number of anilines is 2. The number of benzene rings is 2. The van der Waals surface area contributed by atoms with Crippen molar-refractivity contribution in [3.63, 3.8) is 0 Å². The van der Waals surface area contributed by atoms with Gasteiger partial charge in [-0.2, -0.15) is 0 Å². The first-order valence-corrected chi connectivity index (χ1v) is 13.4. The van der Waals surface area contributed by atoms with Gasteiger partial charge in [-0.15, -0.1) is 22.7 Å². The molecule has 0 radical (unpaired) electrons. The first-order chi connectivity index (χ1) is 16.4. The quantitative estimate of drug-likeness (QED) is 0.224. The number of thiazole rings is 2. The molecule has 1 unspecified atom stereocenters. The third-order valence-electron chi connectivity index (χ3n) is 5.43. The molecule has 2 aromatic heterocycles. The highest BCUT2D eigenvalue weighted by atomic mass is 32.2. The largest absolute Gasteiger partial charge is 0.353 e. The molecule has 1 aliphatic carbocycles. The van der Waals surface area contributed by atoms with Crippen molar-refractivity contribution in [2.45, 2.75) is 31.2 Å². The Morgan fingerprint density at radius 3 is 2.59 bits per heavy atom. The normalized spacial score (nSPS) is 15.1. The van der Waals surface area contributed by atoms with Crippen LogP contribution in [0, 0.1) is 11.6 Å². The van der Waals surface area contributed by atoms with Gasteiger partial charge in [0.1, 0.15) is 11.6 Å². The van der Waals surface area contributed by atoms with Gasteiger partial charge in [0.15, 0.2) is 5.13 Å². The van der Waals surface area contributed by atoms with E-state index in [1.165, 1.54) is 36.3 Å². The average molecular weight is 519 g/mol. The van der Waals surface area contributed by atoms with Crippen LogP contribution in [0.1, 0.15) is 41.1 Å². The van der Waals surface area contributed by atoms with Crippen LogP contribution in [0.2, 0.25) is 0 Å². The Hall–Kier alpha value is -2.73. The molecule has 176 valence electrons. The molecule has 3 N–H and O–H groups in total. The van der Waals surface area contributed by atoms with Gasteiger partial charge in [-0.1, -0.05) is 12.1 Å². The van der Waals surface area contributed by atoms with Crippen LogP contribution in [0.5, 0.6) is 0 Å². The molecule has 0 spiro atoms. The number of aromatic nitrogens is 2. The zero-order valence-corrected chi connectivity index (χ0v) is 20.2. The van der Waals surface area contributed by atoms with E-state index in [4.69, 9.17) is 9.54 Å². The summed E-state index contributed by atoms with van der Waals surface area (Å²) in [4.78, 5) is 9.38. The van der Waals surface area contributed by atoms with Crippen LogP contribution in [0.3, 0.4) is 0 Å². The number of halogens is 2. The van der Waals surface area contributed by atoms with E-state index < -0.39 is 22.9 Å². The van der Waals surface area contributed by atoms with E-state index in [1.807, 2.05) is 12.1 Å². The molecule has 0 amide bonds. The average Bonchev–Trinajstić information content (AvgIpc) is 3.34. The standard InChI is InChI=1S/C23H20F2N4O2S3/c24-15-5-8-17(18(25)10-15)20-11-33-23(28-20)27-19(21-12-32-22(26-21)14-3-4-14)9-13-1-6-16(7-2-13)29-34(30)31/h1-2,5-8,10-12,14,19,29H,3-4,9H2,(H,27,28)(H,30,31)/t19-/m0/s1. The monoisotopic (exact) mass is 518 g/mol. The molecular formula is C23H20F2N4O2S3. The molecule has 0 aliphatic heterocycles. The minimum Gasteiger partial charge on any atom is -0.353 e. The Bertz CT molecular complexity index is 1320.